The Morgan fingerprint density at radius 2 is 1.95 bits per heavy atom. The molecule has 3 nitrogen and oxygen atoms in total. The minimum atomic E-state index is 0.0542. The first-order chi connectivity index (χ1) is 9.06. The third-order valence-corrected chi connectivity index (χ3v) is 4.23. The lowest BCUT2D eigenvalue weighted by Gasteiger charge is -2.12. The Hall–Kier alpha value is -1.20. The zero-order valence-electron chi connectivity index (χ0n) is 10.8. The molecule has 0 aliphatic rings. The van der Waals surface area contributed by atoms with Crippen LogP contribution in [0.1, 0.15) is 13.8 Å². The average Bonchev–Trinajstić information content (AvgIpc) is 2.35. The van der Waals surface area contributed by atoms with E-state index in [0.29, 0.717) is 11.6 Å². The summed E-state index contributed by atoms with van der Waals surface area (Å²) in [5.41, 5.74) is 6.42. The minimum Gasteiger partial charge on any atom is -0.473 e. The third-order valence-electron chi connectivity index (χ3n) is 2.26. The molecule has 100 valence electrons. The van der Waals surface area contributed by atoms with Gasteiger partial charge in [0.2, 0.25) is 5.88 Å². The minimum absolute atomic E-state index is 0.0542. The highest BCUT2D eigenvalue weighted by atomic mass is 79.9. The topological polar surface area (TPSA) is 48.1 Å². The lowest BCUT2D eigenvalue weighted by atomic mass is 10.4. The first kappa shape index (κ1) is 14.2. The monoisotopic (exact) mass is 338 g/mol. The van der Waals surface area contributed by atoms with Gasteiger partial charge in [-0.2, -0.15) is 0 Å². The summed E-state index contributed by atoms with van der Waals surface area (Å²) in [6, 6.07) is 11.7. The Morgan fingerprint density at radius 1 is 1.21 bits per heavy atom. The predicted octanol–water partition coefficient (Wildman–Crippen LogP) is 4.36. The van der Waals surface area contributed by atoms with Crippen molar-refractivity contribution >= 4 is 33.4 Å². The lowest BCUT2D eigenvalue weighted by Crippen LogP contribution is -2.09. The summed E-state index contributed by atoms with van der Waals surface area (Å²) in [5.74, 6) is 0.493. The van der Waals surface area contributed by atoms with Crippen LogP contribution in [-0.2, 0) is 0 Å². The molecular formula is C14H15BrN2OS. The highest BCUT2D eigenvalue weighted by Gasteiger charge is 2.08. The van der Waals surface area contributed by atoms with Crippen LogP contribution in [0.4, 0.5) is 5.69 Å². The van der Waals surface area contributed by atoms with E-state index in [1.165, 1.54) is 0 Å². The summed E-state index contributed by atoms with van der Waals surface area (Å²) >= 11 is 5.09. The van der Waals surface area contributed by atoms with Gasteiger partial charge in [-0.05, 0) is 54.0 Å². The van der Waals surface area contributed by atoms with Crippen LogP contribution in [0.15, 0.2) is 50.8 Å². The molecule has 0 bridgehead atoms. The first-order valence-corrected chi connectivity index (χ1v) is 7.53. The van der Waals surface area contributed by atoms with Crippen molar-refractivity contribution in [2.24, 2.45) is 0 Å². The van der Waals surface area contributed by atoms with Crippen molar-refractivity contribution in [1.29, 1.82) is 0 Å². The van der Waals surface area contributed by atoms with Gasteiger partial charge in [0.1, 0.15) is 5.03 Å². The maximum Gasteiger partial charge on any atom is 0.238 e. The van der Waals surface area contributed by atoms with E-state index in [4.69, 9.17) is 10.5 Å². The highest BCUT2D eigenvalue weighted by molar-refractivity contribution is 9.10. The van der Waals surface area contributed by atoms with Gasteiger partial charge in [-0.25, -0.2) is 4.98 Å². The molecule has 0 spiro atoms. The molecule has 5 heteroatoms. The number of nitrogen functional groups attached to an aromatic ring is 1. The van der Waals surface area contributed by atoms with E-state index in [1.807, 2.05) is 50.2 Å². The second kappa shape index (κ2) is 6.30. The van der Waals surface area contributed by atoms with Gasteiger partial charge in [0, 0.05) is 9.37 Å². The number of pyridine rings is 1. The zero-order chi connectivity index (χ0) is 13.8. The summed E-state index contributed by atoms with van der Waals surface area (Å²) < 4.78 is 6.64. The Morgan fingerprint density at radius 3 is 2.63 bits per heavy atom. The number of nitrogens with two attached hydrogens (primary N) is 1. The van der Waals surface area contributed by atoms with Gasteiger partial charge in [0.05, 0.1) is 11.8 Å². The standard InChI is InChI=1S/C14H15BrN2OS/c1-9(2)18-14-11(16)7-8-13(17-14)19-12-6-4-3-5-10(12)15/h3-9H,16H2,1-2H3. The molecule has 2 rings (SSSR count). The molecular weight excluding hydrogens is 324 g/mol. The molecule has 0 fully saturated rings. The quantitative estimate of drug-likeness (QED) is 0.899. The van der Waals surface area contributed by atoms with Gasteiger partial charge >= 0.3 is 0 Å². The Labute approximate surface area is 125 Å². The van der Waals surface area contributed by atoms with Crippen LogP contribution in [0.25, 0.3) is 0 Å². The van der Waals surface area contributed by atoms with Gasteiger partial charge in [-0.1, -0.05) is 23.9 Å². The van der Waals surface area contributed by atoms with E-state index < -0.39 is 0 Å². The second-order valence-electron chi connectivity index (χ2n) is 4.24. The molecule has 2 N–H and O–H groups in total. The molecule has 0 saturated carbocycles. The number of halogens is 1. The van der Waals surface area contributed by atoms with Crippen molar-refractivity contribution in [2.75, 3.05) is 5.73 Å². The number of anilines is 1. The van der Waals surface area contributed by atoms with Gasteiger partial charge in [0.15, 0.2) is 0 Å². The third kappa shape index (κ3) is 3.88. The molecule has 0 aliphatic carbocycles. The van der Waals surface area contributed by atoms with Crippen LogP contribution in [-0.4, -0.2) is 11.1 Å². The van der Waals surface area contributed by atoms with Crippen molar-refractivity contribution in [3.63, 3.8) is 0 Å². The van der Waals surface area contributed by atoms with E-state index in [9.17, 15) is 0 Å². The number of rotatable bonds is 4. The van der Waals surface area contributed by atoms with Crippen LogP contribution in [0.5, 0.6) is 5.88 Å². The van der Waals surface area contributed by atoms with Gasteiger partial charge < -0.3 is 10.5 Å². The first-order valence-electron chi connectivity index (χ1n) is 5.92. The predicted molar refractivity (Wildman–Crippen MR) is 82.7 cm³/mol. The molecule has 1 heterocycles. The molecule has 0 unspecified atom stereocenters. The molecule has 0 atom stereocenters. The molecule has 0 saturated heterocycles. The smallest absolute Gasteiger partial charge is 0.238 e. The molecule has 2 aromatic rings. The van der Waals surface area contributed by atoms with Crippen molar-refractivity contribution in [1.82, 2.24) is 4.98 Å². The SMILES string of the molecule is CC(C)Oc1nc(Sc2ccccc2Br)ccc1N. The van der Waals surface area contributed by atoms with Crippen molar-refractivity contribution < 1.29 is 4.74 Å². The fourth-order valence-corrected chi connectivity index (χ4v) is 2.78. The van der Waals surface area contributed by atoms with Gasteiger partial charge in [-0.15, -0.1) is 0 Å². The normalized spacial score (nSPS) is 10.7. The number of ether oxygens (including phenoxy) is 1. The zero-order valence-corrected chi connectivity index (χ0v) is 13.2. The number of hydrogen-bond donors (Lipinski definition) is 1. The Kier molecular flexibility index (Phi) is 4.71. The van der Waals surface area contributed by atoms with E-state index in [-0.39, 0.29) is 6.10 Å². The maximum atomic E-state index is 5.86. The van der Waals surface area contributed by atoms with Crippen molar-refractivity contribution in [2.45, 2.75) is 29.9 Å². The van der Waals surface area contributed by atoms with Crippen LogP contribution < -0.4 is 10.5 Å². The fraction of sp³-hybridized carbons (Fsp3) is 0.214. The van der Waals surface area contributed by atoms with Crippen LogP contribution >= 0.6 is 27.7 Å². The Balaban J connectivity index is 2.24. The van der Waals surface area contributed by atoms with Crippen LogP contribution in [0.3, 0.4) is 0 Å². The molecule has 1 aromatic heterocycles. The maximum absolute atomic E-state index is 5.86. The second-order valence-corrected chi connectivity index (χ2v) is 6.16. The van der Waals surface area contributed by atoms with Crippen molar-refractivity contribution in [3.8, 4) is 5.88 Å². The van der Waals surface area contributed by atoms with Crippen molar-refractivity contribution in [3.05, 3.63) is 40.9 Å². The summed E-state index contributed by atoms with van der Waals surface area (Å²) in [4.78, 5) is 5.55. The number of hydrogen-bond acceptors (Lipinski definition) is 4. The largest absolute Gasteiger partial charge is 0.473 e. The lowest BCUT2D eigenvalue weighted by molar-refractivity contribution is 0.232. The van der Waals surface area contributed by atoms with E-state index in [0.717, 1.165) is 14.4 Å². The molecule has 0 radical (unpaired) electrons. The number of nitrogens with zero attached hydrogens (tertiary/aromatic N) is 1. The number of benzene rings is 1. The summed E-state index contributed by atoms with van der Waals surface area (Å²) in [6.45, 7) is 3.91. The molecule has 19 heavy (non-hydrogen) atoms. The van der Waals surface area contributed by atoms with E-state index in [2.05, 4.69) is 20.9 Å². The number of aromatic nitrogens is 1. The summed E-state index contributed by atoms with van der Waals surface area (Å²) in [7, 11) is 0. The highest BCUT2D eigenvalue weighted by Crippen LogP contribution is 2.34. The van der Waals surface area contributed by atoms with Crippen LogP contribution in [0.2, 0.25) is 0 Å². The summed E-state index contributed by atoms with van der Waals surface area (Å²) in [6.07, 6.45) is 0.0542. The molecule has 1 aromatic carbocycles. The molecule has 0 aliphatic heterocycles. The van der Waals surface area contributed by atoms with Gasteiger partial charge in [-0.3, -0.25) is 0 Å². The summed E-state index contributed by atoms with van der Waals surface area (Å²) in [5, 5.41) is 0.858. The fourth-order valence-electron chi connectivity index (χ4n) is 1.45. The van der Waals surface area contributed by atoms with Gasteiger partial charge in [0.25, 0.3) is 0 Å². The Bertz CT molecular complexity index is 575. The van der Waals surface area contributed by atoms with E-state index >= 15 is 0 Å². The average molecular weight is 339 g/mol. The molecule has 0 amide bonds. The van der Waals surface area contributed by atoms with E-state index in [1.54, 1.807) is 11.8 Å². The van der Waals surface area contributed by atoms with Crippen LogP contribution in [0, 0.1) is 0 Å².